The molecule has 0 fully saturated rings. The number of alkyl halides is 5. The Labute approximate surface area is 135 Å². The smallest absolute Gasteiger partial charge is 0.265 e. The lowest BCUT2D eigenvalue weighted by Gasteiger charge is -2.31. The van der Waals surface area contributed by atoms with Crippen molar-refractivity contribution in [1.82, 2.24) is 9.78 Å². The molecule has 0 saturated carbocycles. The van der Waals surface area contributed by atoms with E-state index in [1.807, 2.05) is 0 Å². The van der Waals surface area contributed by atoms with Crippen molar-refractivity contribution in [2.24, 2.45) is 0 Å². The number of hydrogen-bond acceptors (Lipinski definition) is 2. The van der Waals surface area contributed by atoms with Crippen LogP contribution in [0.1, 0.15) is 11.3 Å². The van der Waals surface area contributed by atoms with Crippen LogP contribution in [-0.2, 0) is 17.5 Å². The predicted octanol–water partition coefficient (Wildman–Crippen LogP) is 3.66. The average molecular weight is 350 g/mol. The normalized spacial score (nSPS) is 13.3. The largest absolute Gasteiger partial charge is 0.523 e. The Kier molecular flexibility index (Phi) is 4.69. The maximum atomic E-state index is 13.8. The summed E-state index contributed by atoms with van der Waals surface area (Å²) in [6.07, 6.45) is -7.37. The van der Waals surface area contributed by atoms with E-state index < -0.39 is 34.8 Å². The molecule has 0 spiro atoms. The van der Waals surface area contributed by atoms with Gasteiger partial charge in [0.25, 0.3) is 0 Å². The summed E-state index contributed by atoms with van der Waals surface area (Å²) in [4.78, 5) is 0. The van der Waals surface area contributed by atoms with E-state index >= 15 is 0 Å². The summed E-state index contributed by atoms with van der Waals surface area (Å²) >= 11 is 0. The van der Waals surface area contributed by atoms with Crippen LogP contribution in [0.4, 0.5) is 22.0 Å². The second-order valence-electron chi connectivity index (χ2n) is 6.07. The first-order chi connectivity index (χ1) is 10.9. The maximum absolute atomic E-state index is 13.8. The van der Waals surface area contributed by atoms with Gasteiger partial charge in [0, 0.05) is 11.8 Å². The van der Waals surface area contributed by atoms with Crippen molar-refractivity contribution >= 4 is 0 Å². The van der Waals surface area contributed by atoms with Gasteiger partial charge in [-0.25, -0.2) is 9.16 Å². The highest BCUT2D eigenvalue weighted by atomic mass is 19.4. The Bertz CT molecular complexity index is 689. The Balaban J connectivity index is 2.34. The lowest BCUT2D eigenvalue weighted by atomic mass is 10.2. The van der Waals surface area contributed by atoms with Crippen molar-refractivity contribution in [2.75, 3.05) is 21.1 Å². The molecule has 1 heterocycles. The zero-order chi connectivity index (χ0) is 18.2. The van der Waals surface area contributed by atoms with Crippen molar-refractivity contribution in [3.8, 4) is 5.69 Å². The van der Waals surface area contributed by atoms with E-state index in [0.29, 0.717) is 5.69 Å². The van der Waals surface area contributed by atoms with Gasteiger partial charge in [0.1, 0.15) is 0 Å². The summed E-state index contributed by atoms with van der Waals surface area (Å²) in [5, 5.41) is 3.48. The van der Waals surface area contributed by atoms with Crippen molar-refractivity contribution < 1.29 is 31.2 Å². The standard InChI is InChI=1S/C15H17F5N3O/c1-23(2,3)15(19,20)24-10-11-9-22(12-7-5-4-6-8-12)21-13(11)14(16,17)18/h4-9H,10H2,1-3H3/q+1. The minimum absolute atomic E-state index is 0.382. The first-order valence-corrected chi connectivity index (χ1v) is 6.96. The van der Waals surface area contributed by atoms with E-state index in [4.69, 9.17) is 0 Å². The van der Waals surface area contributed by atoms with Gasteiger partial charge in [-0.3, -0.25) is 4.74 Å². The second-order valence-corrected chi connectivity index (χ2v) is 6.07. The molecule has 0 saturated heterocycles. The summed E-state index contributed by atoms with van der Waals surface area (Å²) in [7, 11) is 3.54. The fourth-order valence-corrected chi connectivity index (χ4v) is 1.83. The van der Waals surface area contributed by atoms with Crippen molar-refractivity contribution in [3.63, 3.8) is 0 Å². The second kappa shape index (κ2) is 6.14. The number of benzene rings is 1. The maximum Gasteiger partial charge on any atom is 0.523 e. The fourth-order valence-electron chi connectivity index (χ4n) is 1.83. The van der Waals surface area contributed by atoms with Gasteiger partial charge in [0.15, 0.2) is 5.69 Å². The molecule has 2 rings (SSSR count). The van der Waals surface area contributed by atoms with Gasteiger partial charge in [-0.05, 0) is 12.1 Å². The summed E-state index contributed by atoms with van der Waals surface area (Å²) in [6, 6.07) is 8.07. The monoisotopic (exact) mass is 350 g/mol. The van der Waals surface area contributed by atoms with E-state index in [9.17, 15) is 22.0 Å². The van der Waals surface area contributed by atoms with Crippen LogP contribution < -0.4 is 0 Å². The number of halogens is 5. The topological polar surface area (TPSA) is 27.1 Å². The summed E-state index contributed by atoms with van der Waals surface area (Å²) in [6.45, 7) is -0.913. The Hall–Kier alpha value is -2.00. The predicted molar refractivity (Wildman–Crippen MR) is 76.3 cm³/mol. The number of rotatable bonds is 5. The third-order valence-corrected chi connectivity index (χ3v) is 3.26. The van der Waals surface area contributed by atoms with Crippen LogP contribution in [0.2, 0.25) is 0 Å². The minimum atomic E-state index is -4.77. The molecule has 0 aliphatic carbocycles. The first kappa shape index (κ1) is 18.3. The molecule has 0 atom stereocenters. The molecule has 4 nitrogen and oxygen atoms in total. The molecule has 9 heteroatoms. The van der Waals surface area contributed by atoms with Gasteiger partial charge in [0.05, 0.1) is 33.4 Å². The fraction of sp³-hybridized carbons (Fsp3) is 0.400. The van der Waals surface area contributed by atoms with Crippen LogP contribution in [0.25, 0.3) is 5.69 Å². The molecule has 24 heavy (non-hydrogen) atoms. The van der Waals surface area contributed by atoms with Gasteiger partial charge in [-0.15, -0.1) is 8.78 Å². The number of nitrogens with zero attached hydrogens (tertiary/aromatic N) is 3. The summed E-state index contributed by atoms with van der Waals surface area (Å²) in [5.74, 6) is 0. The van der Waals surface area contributed by atoms with E-state index in [1.54, 1.807) is 30.3 Å². The van der Waals surface area contributed by atoms with E-state index in [0.717, 1.165) is 10.9 Å². The third kappa shape index (κ3) is 3.90. The van der Waals surface area contributed by atoms with Crippen LogP contribution in [0.15, 0.2) is 36.5 Å². The molecular formula is C15H17F5N3O+. The van der Waals surface area contributed by atoms with Crippen LogP contribution in [-0.4, -0.2) is 41.6 Å². The molecule has 2 aromatic rings. The zero-order valence-corrected chi connectivity index (χ0v) is 13.3. The first-order valence-electron chi connectivity index (χ1n) is 6.96. The minimum Gasteiger partial charge on any atom is -0.265 e. The number of quaternary nitrogens is 1. The SMILES string of the molecule is C[N+](C)(C)C(F)(F)OCc1cn(-c2ccccc2)nc1C(F)(F)F. The van der Waals surface area contributed by atoms with Gasteiger partial charge < -0.3 is 0 Å². The van der Waals surface area contributed by atoms with Crippen LogP contribution in [0.5, 0.6) is 0 Å². The van der Waals surface area contributed by atoms with E-state index in [2.05, 4.69) is 9.84 Å². The number of aromatic nitrogens is 2. The third-order valence-electron chi connectivity index (χ3n) is 3.26. The molecule has 1 aromatic heterocycles. The van der Waals surface area contributed by atoms with Crippen LogP contribution in [0, 0.1) is 0 Å². The van der Waals surface area contributed by atoms with Crippen molar-refractivity contribution in [2.45, 2.75) is 19.0 Å². The zero-order valence-electron chi connectivity index (χ0n) is 13.3. The van der Waals surface area contributed by atoms with E-state index in [-0.39, 0.29) is 0 Å². The molecule has 0 aliphatic rings. The van der Waals surface area contributed by atoms with Crippen LogP contribution >= 0.6 is 0 Å². The molecular weight excluding hydrogens is 333 g/mol. The van der Waals surface area contributed by atoms with Crippen molar-refractivity contribution in [1.29, 1.82) is 0 Å². The number of para-hydroxylation sites is 1. The molecule has 0 aliphatic heterocycles. The molecule has 0 bridgehead atoms. The van der Waals surface area contributed by atoms with Gasteiger partial charge in [-0.1, -0.05) is 18.2 Å². The van der Waals surface area contributed by atoms with Gasteiger partial charge >= 0.3 is 12.4 Å². The highest BCUT2D eigenvalue weighted by Gasteiger charge is 2.47. The number of hydrogen-bond donors (Lipinski definition) is 0. The average Bonchev–Trinajstić information content (AvgIpc) is 2.89. The van der Waals surface area contributed by atoms with Gasteiger partial charge in [-0.2, -0.15) is 18.3 Å². The quantitative estimate of drug-likeness (QED) is 0.356. The molecule has 0 radical (unpaired) electrons. The highest BCUT2D eigenvalue weighted by Crippen LogP contribution is 2.33. The summed E-state index contributed by atoms with van der Waals surface area (Å²) in [5.41, 5.74) is -1.32. The summed E-state index contributed by atoms with van der Waals surface area (Å²) < 4.78 is 71.5. The Morgan fingerprint density at radius 2 is 1.62 bits per heavy atom. The highest BCUT2D eigenvalue weighted by molar-refractivity contribution is 5.33. The van der Waals surface area contributed by atoms with Crippen molar-refractivity contribution in [3.05, 3.63) is 47.8 Å². The molecule has 1 aromatic carbocycles. The molecule has 0 N–H and O–H groups in total. The van der Waals surface area contributed by atoms with Gasteiger partial charge in [0.2, 0.25) is 0 Å². The molecule has 0 unspecified atom stereocenters. The molecule has 0 amide bonds. The lowest BCUT2D eigenvalue weighted by Crippen LogP contribution is -2.52. The lowest BCUT2D eigenvalue weighted by molar-refractivity contribution is -0.992. The molecule has 132 valence electrons. The van der Waals surface area contributed by atoms with E-state index in [1.165, 1.54) is 21.1 Å². The van der Waals surface area contributed by atoms with Crippen LogP contribution in [0.3, 0.4) is 0 Å². The Morgan fingerprint density at radius 1 is 1.04 bits per heavy atom. The number of ether oxygens (including phenoxy) is 1. The Morgan fingerprint density at radius 3 is 2.12 bits per heavy atom.